The molecule has 1 aliphatic heterocycles. The summed E-state index contributed by atoms with van der Waals surface area (Å²) in [5, 5.41) is 3.73. The van der Waals surface area contributed by atoms with Gasteiger partial charge in [0.25, 0.3) is 0 Å². The van der Waals surface area contributed by atoms with Crippen molar-refractivity contribution in [2.45, 2.75) is 50.2 Å². The van der Waals surface area contributed by atoms with Crippen LogP contribution in [0.3, 0.4) is 0 Å². The van der Waals surface area contributed by atoms with Crippen molar-refractivity contribution in [3.05, 3.63) is 0 Å². The summed E-state index contributed by atoms with van der Waals surface area (Å²) in [5.74, 6) is 0.968. The molecule has 3 aliphatic rings. The van der Waals surface area contributed by atoms with Gasteiger partial charge in [0.05, 0.1) is 5.60 Å². The van der Waals surface area contributed by atoms with E-state index < -0.39 is 0 Å². The van der Waals surface area contributed by atoms with Crippen LogP contribution < -0.4 is 5.32 Å². The minimum atomic E-state index is 0.207. The minimum absolute atomic E-state index is 0.207. The molecule has 1 unspecified atom stereocenters. The zero-order valence-electron chi connectivity index (χ0n) is 11.1. The van der Waals surface area contributed by atoms with Gasteiger partial charge in [-0.2, -0.15) is 0 Å². The third-order valence-corrected chi connectivity index (χ3v) is 4.91. The van der Waals surface area contributed by atoms with Gasteiger partial charge in [0, 0.05) is 26.2 Å². The number of methoxy groups -OCH3 is 1. The van der Waals surface area contributed by atoms with Crippen molar-refractivity contribution in [1.29, 1.82) is 0 Å². The molecule has 3 rings (SSSR count). The molecule has 1 saturated heterocycles. The molecule has 1 N–H and O–H groups in total. The van der Waals surface area contributed by atoms with Crippen LogP contribution in [0, 0.1) is 5.92 Å². The fourth-order valence-corrected chi connectivity index (χ4v) is 3.39. The van der Waals surface area contributed by atoms with E-state index in [0.717, 1.165) is 18.5 Å². The van der Waals surface area contributed by atoms with E-state index in [1.54, 1.807) is 0 Å². The van der Waals surface area contributed by atoms with Crippen molar-refractivity contribution in [2.75, 3.05) is 33.3 Å². The summed E-state index contributed by atoms with van der Waals surface area (Å²) in [6, 6.07) is 0.756. The lowest BCUT2D eigenvalue weighted by Gasteiger charge is -2.44. The van der Waals surface area contributed by atoms with Gasteiger partial charge < -0.3 is 10.1 Å². The molecule has 0 radical (unpaired) electrons. The molecule has 0 aromatic carbocycles. The van der Waals surface area contributed by atoms with Crippen molar-refractivity contribution in [2.24, 2.45) is 5.92 Å². The number of hydrogen-bond donors (Lipinski definition) is 1. The van der Waals surface area contributed by atoms with E-state index in [1.807, 2.05) is 7.11 Å². The molecule has 2 saturated carbocycles. The Kier molecular flexibility index (Phi) is 3.42. The molecule has 1 heterocycles. The lowest BCUT2D eigenvalue weighted by Crippen LogP contribution is -2.51. The maximum atomic E-state index is 5.77. The number of rotatable bonds is 4. The molecule has 1 atom stereocenters. The molecule has 17 heavy (non-hydrogen) atoms. The molecule has 2 aliphatic carbocycles. The molecule has 0 aromatic rings. The molecule has 98 valence electrons. The fourth-order valence-electron chi connectivity index (χ4n) is 3.39. The molecular weight excluding hydrogens is 212 g/mol. The molecule has 3 fully saturated rings. The van der Waals surface area contributed by atoms with E-state index in [1.165, 1.54) is 58.2 Å². The number of ether oxygens (including phenoxy) is 1. The van der Waals surface area contributed by atoms with Crippen LogP contribution in [0.15, 0.2) is 0 Å². The summed E-state index contributed by atoms with van der Waals surface area (Å²) in [5.41, 5.74) is 0.207. The third-order valence-electron chi connectivity index (χ3n) is 4.91. The van der Waals surface area contributed by atoms with Gasteiger partial charge in [0.15, 0.2) is 0 Å². The standard InChI is InChI=1S/C14H26N2O/c1-17-14(6-2-7-14)11-16-9-3-8-15-13(10-16)12-4-5-12/h12-13,15H,2-11H2,1H3. The smallest absolute Gasteiger partial charge is 0.0805 e. The second kappa shape index (κ2) is 4.87. The zero-order chi connectivity index (χ0) is 11.7. The summed E-state index contributed by atoms with van der Waals surface area (Å²) < 4.78 is 5.77. The Balaban J connectivity index is 1.57. The maximum Gasteiger partial charge on any atom is 0.0805 e. The van der Waals surface area contributed by atoms with E-state index in [-0.39, 0.29) is 5.60 Å². The van der Waals surface area contributed by atoms with Gasteiger partial charge in [-0.15, -0.1) is 0 Å². The molecule has 0 aromatic heterocycles. The first-order valence-electron chi connectivity index (χ1n) is 7.32. The van der Waals surface area contributed by atoms with Crippen molar-refractivity contribution in [3.8, 4) is 0 Å². The average molecular weight is 238 g/mol. The zero-order valence-corrected chi connectivity index (χ0v) is 11.1. The second-order valence-electron chi connectivity index (χ2n) is 6.23. The van der Waals surface area contributed by atoms with Crippen LogP contribution in [0.25, 0.3) is 0 Å². The van der Waals surface area contributed by atoms with Crippen molar-refractivity contribution < 1.29 is 4.74 Å². The van der Waals surface area contributed by atoms with Gasteiger partial charge in [0.1, 0.15) is 0 Å². The Labute approximate surface area is 105 Å². The highest BCUT2D eigenvalue weighted by Gasteiger charge is 2.40. The molecule has 3 nitrogen and oxygen atoms in total. The van der Waals surface area contributed by atoms with Crippen LogP contribution in [0.4, 0.5) is 0 Å². The normalized spacial score (nSPS) is 34.1. The van der Waals surface area contributed by atoms with Crippen LogP contribution in [0.5, 0.6) is 0 Å². The van der Waals surface area contributed by atoms with Crippen molar-refractivity contribution in [1.82, 2.24) is 10.2 Å². The van der Waals surface area contributed by atoms with E-state index in [2.05, 4.69) is 10.2 Å². The van der Waals surface area contributed by atoms with Crippen molar-refractivity contribution in [3.63, 3.8) is 0 Å². The molecular formula is C14H26N2O. The van der Waals surface area contributed by atoms with E-state index in [4.69, 9.17) is 4.74 Å². The third kappa shape index (κ3) is 2.67. The van der Waals surface area contributed by atoms with Crippen molar-refractivity contribution >= 4 is 0 Å². The largest absolute Gasteiger partial charge is 0.377 e. The van der Waals surface area contributed by atoms with Crippen LogP contribution in [-0.4, -0.2) is 49.8 Å². The Morgan fingerprint density at radius 3 is 2.71 bits per heavy atom. The highest BCUT2D eigenvalue weighted by Crippen LogP contribution is 2.37. The molecule has 0 spiro atoms. The van der Waals surface area contributed by atoms with Crippen LogP contribution in [0.2, 0.25) is 0 Å². The van der Waals surface area contributed by atoms with Gasteiger partial charge in [0.2, 0.25) is 0 Å². The number of nitrogens with one attached hydrogen (secondary N) is 1. The predicted octanol–water partition coefficient (Wildman–Crippen LogP) is 1.63. The Morgan fingerprint density at radius 1 is 1.29 bits per heavy atom. The van der Waals surface area contributed by atoms with E-state index in [0.29, 0.717) is 0 Å². The quantitative estimate of drug-likeness (QED) is 0.805. The summed E-state index contributed by atoms with van der Waals surface area (Å²) in [6.07, 6.45) is 8.07. The first-order chi connectivity index (χ1) is 8.31. The van der Waals surface area contributed by atoms with Gasteiger partial charge in [-0.1, -0.05) is 0 Å². The number of nitrogens with zero attached hydrogens (tertiary/aromatic N) is 1. The summed E-state index contributed by atoms with van der Waals surface area (Å²) >= 11 is 0. The van der Waals surface area contributed by atoms with Crippen LogP contribution in [0.1, 0.15) is 38.5 Å². The molecule has 0 amide bonds. The lowest BCUT2D eigenvalue weighted by atomic mass is 9.79. The SMILES string of the molecule is COC1(CN2CCCNC(C3CC3)C2)CCC1. The van der Waals surface area contributed by atoms with Crippen LogP contribution in [-0.2, 0) is 4.74 Å². The Bertz CT molecular complexity index is 255. The topological polar surface area (TPSA) is 24.5 Å². The van der Waals surface area contributed by atoms with Gasteiger partial charge in [-0.05, 0) is 57.5 Å². The Hall–Kier alpha value is -0.120. The maximum absolute atomic E-state index is 5.77. The Morgan fingerprint density at radius 2 is 2.12 bits per heavy atom. The number of hydrogen-bond acceptors (Lipinski definition) is 3. The molecule has 3 heteroatoms. The van der Waals surface area contributed by atoms with Gasteiger partial charge in [-0.25, -0.2) is 0 Å². The van der Waals surface area contributed by atoms with Gasteiger partial charge >= 0.3 is 0 Å². The molecule has 0 bridgehead atoms. The van der Waals surface area contributed by atoms with Crippen LogP contribution >= 0.6 is 0 Å². The second-order valence-corrected chi connectivity index (χ2v) is 6.23. The summed E-state index contributed by atoms with van der Waals surface area (Å²) in [7, 11) is 1.90. The first-order valence-corrected chi connectivity index (χ1v) is 7.32. The summed E-state index contributed by atoms with van der Waals surface area (Å²) in [4.78, 5) is 2.66. The summed E-state index contributed by atoms with van der Waals surface area (Å²) in [6.45, 7) is 4.86. The average Bonchev–Trinajstić information content (AvgIpc) is 3.09. The minimum Gasteiger partial charge on any atom is -0.377 e. The predicted molar refractivity (Wildman–Crippen MR) is 69.2 cm³/mol. The van der Waals surface area contributed by atoms with E-state index >= 15 is 0 Å². The fraction of sp³-hybridized carbons (Fsp3) is 1.00. The highest BCUT2D eigenvalue weighted by atomic mass is 16.5. The lowest BCUT2D eigenvalue weighted by molar-refractivity contribution is -0.0916. The highest BCUT2D eigenvalue weighted by molar-refractivity contribution is 4.95. The first kappa shape index (κ1) is 11.9. The van der Waals surface area contributed by atoms with E-state index in [9.17, 15) is 0 Å². The monoisotopic (exact) mass is 238 g/mol. The van der Waals surface area contributed by atoms with Gasteiger partial charge in [-0.3, -0.25) is 4.90 Å².